The van der Waals surface area contributed by atoms with Crippen LogP contribution in [0.25, 0.3) is 23.0 Å². The molecule has 4 rings (SSSR count). The second kappa shape index (κ2) is 9.29. The van der Waals surface area contributed by atoms with Crippen molar-refractivity contribution >= 4 is 27.5 Å². The summed E-state index contributed by atoms with van der Waals surface area (Å²) >= 11 is 0. The van der Waals surface area contributed by atoms with Crippen molar-refractivity contribution in [1.29, 1.82) is 5.26 Å². The van der Waals surface area contributed by atoms with E-state index in [1.807, 2.05) is 36.4 Å². The molecule has 1 atom stereocenters. The second-order valence-corrected chi connectivity index (χ2v) is 9.99. The normalized spacial score (nSPS) is 17.1. The highest BCUT2D eigenvalue weighted by Gasteiger charge is 2.29. The summed E-state index contributed by atoms with van der Waals surface area (Å²) in [5.41, 5.74) is 1.54. The molecule has 0 saturated carbocycles. The molecule has 10 nitrogen and oxygen atoms in total. The monoisotopic (exact) mass is 477 g/mol. The van der Waals surface area contributed by atoms with Crippen molar-refractivity contribution in [2.75, 3.05) is 11.5 Å². The van der Waals surface area contributed by atoms with E-state index in [0.29, 0.717) is 22.5 Å². The van der Waals surface area contributed by atoms with Gasteiger partial charge < -0.3 is 5.32 Å². The van der Waals surface area contributed by atoms with Crippen molar-refractivity contribution in [3.8, 4) is 23.0 Å². The van der Waals surface area contributed by atoms with Gasteiger partial charge >= 0.3 is 0 Å². The molecule has 0 unspecified atom stereocenters. The van der Waals surface area contributed by atoms with Crippen molar-refractivity contribution in [2.45, 2.75) is 12.5 Å². The number of amides is 1. The van der Waals surface area contributed by atoms with E-state index in [2.05, 4.69) is 10.4 Å². The van der Waals surface area contributed by atoms with E-state index in [1.165, 1.54) is 24.3 Å². The van der Waals surface area contributed by atoms with Gasteiger partial charge in [-0.15, -0.1) is 0 Å². The molecule has 1 aliphatic heterocycles. The molecule has 1 saturated heterocycles. The van der Waals surface area contributed by atoms with Crippen molar-refractivity contribution < 1.29 is 18.1 Å². The number of rotatable bonds is 6. The number of nitro groups is 1. The van der Waals surface area contributed by atoms with Crippen LogP contribution < -0.4 is 5.32 Å². The molecule has 0 spiro atoms. The van der Waals surface area contributed by atoms with Crippen LogP contribution in [0, 0.1) is 21.4 Å². The molecular formula is C23H19N5O5S. The summed E-state index contributed by atoms with van der Waals surface area (Å²) in [7, 11) is -3.20. The van der Waals surface area contributed by atoms with Crippen LogP contribution in [0.4, 0.5) is 5.69 Å². The number of carbonyl (C=O) groups is 1. The highest BCUT2D eigenvalue weighted by atomic mass is 32.2. The zero-order valence-electron chi connectivity index (χ0n) is 17.8. The van der Waals surface area contributed by atoms with E-state index in [4.69, 9.17) is 0 Å². The Morgan fingerprint density at radius 2 is 2.00 bits per heavy atom. The maximum atomic E-state index is 12.7. The molecule has 1 amide bonds. The molecule has 11 heteroatoms. The molecule has 0 aliphatic carbocycles. The average molecular weight is 478 g/mol. The van der Waals surface area contributed by atoms with E-state index >= 15 is 0 Å². The molecule has 34 heavy (non-hydrogen) atoms. The number of carbonyl (C=O) groups excluding carboxylic acids is 1. The van der Waals surface area contributed by atoms with Gasteiger partial charge in [0.25, 0.3) is 11.6 Å². The third-order valence-electron chi connectivity index (χ3n) is 5.33. The lowest BCUT2D eigenvalue weighted by Gasteiger charge is -2.09. The van der Waals surface area contributed by atoms with Crippen LogP contribution in [0.1, 0.15) is 12.0 Å². The van der Waals surface area contributed by atoms with E-state index in [0.717, 1.165) is 0 Å². The van der Waals surface area contributed by atoms with Gasteiger partial charge in [0.1, 0.15) is 17.3 Å². The van der Waals surface area contributed by atoms with E-state index in [-0.39, 0.29) is 29.2 Å². The molecule has 2 heterocycles. The maximum Gasteiger partial charge on any atom is 0.270 e. The predicted octanol–water partition coefficient (Wildman–Crippen LogP) is 2.66. The Morgan fingerprint density at radius 3 is 2.65 bits per heavy atom. The number of nitro benzene ring substituents is 1. The van der Waals surface area contributed by atoms with Gasteiger partial charge in [-0.1, -0.05) is 30.3 Å². The molecule has 0 bridgehead atoms. The van der Waals surface area contributed by atoms with Gasteiger partial charge in [0, 0.05) is 35.5 Å². The van der Waals surface area contributed by atoms with Crippen molar-refractivity contribution in [3.63, 3.8) is 0 Å². The first-order valence-corrected chi connectivity index (χ1v) is 12.1. The van der Waals surface area contributed by atoms with Gasteiger partial charge in [-0.3, -0.25) is 14.9 Å². The van der Waals surface area contributed by atoms with Crippen LogP contribution in [-0.4, -0.2) is 46.6 Å². The summed E-state index contributed by atoms with van der Waals surface area (Å²) < 4.78 is 24.9. The Labute approximate surface area is 195 Å². The summed E-state index contributed by atoms with van der Waals surface area (Å²) in [6, 6.07) is 16.3. The first-order chi connectivity index (χ1) is 16.3. The standard InChI is InChI=1S/C23H19N5O5S/c24-13-17(23(29)25-19-9-10-34(32,33)15-19)11-18-14-27(20-6-2-1-3-7-20)26-22(18)16-5-4-8-21(12-16)28(30)31/h1-8,11-12,14,19H,9-10,15H2,(H,25,29)/b17-11+/t19-/m0/s1. The lowest BCUT2D eigenvalue weighted by atomic mass is 10.0. The largest absolute Gasteiger partial charge is 0.348 e. The number of nitriles is 1. The van der Waals surface area contributed by atoms with Crippen LogP contribution in [0.5, 0.6) is 0 Å². The Morgan fingerprint density at radius 1 is 1.24 bits per heavy atom. The molecular weight excluding hydrogens is 458 g/mol. The molecule has 1 fully saturated rings. The van der Waals surface area contributed by atoms with Crippen LogP contribution in [0.15, 0.2) is 66.4 Å². The minimum absolute atomic E-state index is 0.00959. The highest BCUT2D eigenvalue weighted by molar-refractivity contribution is 7.91. The van der Waals surface area contributed by atoms with Crippen LogP contribution in [0.3, 0.4) is 0 Å². The molecule has 1 N–H and O–H groups in total. The third kappa shape index (κ3) is 5.02. The number of hydrogen-bond donors (Lipinski definition) is 1. The Hall–Kier alpha value is -4.30. The van der Waals surface area contributed by atoms with Crippen LogP contribution >= 0.6 is 0 Å². The van der Waals surface area contributed by atoms with Crippen LogP contribution in [-0.2, 0) is 14.6 Å². The summed E-state index contributed by atoms with van der Waals surface area (Å²) in [6.45, 7) is 0. The predicted molar refractivity (Wildman–Crippen MR) is 124 cm³/mol. The van der Waals surface area contributed by atoms with Crippen LogP contribution in [0.2, 0.25) is 0 Å². The highest BCUT2D eigenvalue weighted by Crippen LogP contribution is 2.28. The lowest BCUT2D eigenvalue weighted by Crippen LogP contribution is -2.36. The zero-order valence-corrected chi connectivity index (χ0v) is 18.6. The fourth-order valence-corrected chi connectivity index (χ4v) is 5.35. The zero-order chi connectivity index (χ0) is 24.3. The summed E-state index contributed by atoms with van der Waals surface area (Å²) in [5.74, 6) is -0.867. The van der Waals surface area contributed by atoms with Crippen molar-refractivity contribution in [2.24, 2.45) is 0 Å². The van der Waals surface area contributed by atoms with Gasteiger partial charge in [0.15, 0.2) is 9.84 Å². The number of nitrogens with one attached hydrogen (secondary N) is 1. The first kappa shape index (κ1) is 22.9. The Balaban J connectivity index is 1.74. The summed E-state index contributed by atoms with van der Waals surface area (Å²) in [6.07, 6.45) is 3.26. The molecule has 172 valence electrons. The van der Waals surface area contributed by atoms with Gasteiger partial charge in [0.05, 0.1) is 22.1 Å². The fourth-order valence-electron chi connectivity index (χ4n) is 3.67. The van der Waals surface area contributed by atoms with Gasteiger partial charge in [-0.25, -0.2) is 13.1 Å². The number of sulfone groups is 1. The summed E-state index contributed by atoms with van der Waals surface area (Å²) in [4.78, 5) is 23.4. The number of hydrogen-bond acceptors (Lipinski definition) is 7. The van der Waals surface area contributed by atoms with E-state index in [9.17, 15) is 28.6 Å². The summed E-state index contributed by atoms with van der Waals surface area (Å²) in [5, 5.41) is 28.0. The fraction of sp³-hybridized carbons (Fsp3) is 0.174. The number of non-ortho nitro benzene ring substituents is 1. The lowest BCUT2D eigenvalue weighted by molar-refractivity contribution is -0.384. The number of nitrogens with zero attached hydrogens (tertiary/aromatic N) is 4. The minimum atomic E-state index is -3.20. The Bertz CT molecular complexity index is 1440. The van der Waals surface area contributed by atoms with Crippen molar-refractivity contribution in [3.05, 3.63) is 82.0 Å². The molecule has 2 aromatic carbocycles. The van der Waals surface area contributed by atoms with E-state index < -0.39 is 26.7 Å². The minimum Gasteiger partial charge on any atom is -0.348 e. The first-order valence-electron chi connectivity index (χ1n) is 10.3. The molecule has 3 aromatic rings. The van der Waals surface area contributed by atoms with E-state index in [1.54, 1.807) is 16.9 Å². The molecule has 1 aromatic heterocycles. The SMILES string of the molecule is N#C/C(=C\c1cn(-c2ccccc2)nc1-c1cccc([N+](=O)[O-])c1)C(=O)N[C@H]1CCS(=O)(=O)C1. The topological polar surface area (TPSA) is 148 Å². The number of para-hydroxylation sites is 1. The van der Waals surface area contributed by atoms with Crippen molar-refractivity contribution in [1.82, 2.24) is 15.1 Å². The second-order valence-electron chi connectivity index (χ2n) is 7.76. The molecule has 0 radical (unpaired) electrons. The third-order valence-corrected chi connectivity index (χ3v) is 7.09. The number of benzene rings is 2. The van der Waals surface area contributed by atoms with Gasteiger partial charge in [-0.2, -0.15) is 10.4 Å². The van der Waals surface area contributed by atoms with Gasteiger partial charge in [-0.05, 0) is 24.6 Å². The van der Waals surface area contributed by atoms with Gasteiger partial charge in [0.2, 0.25) is 0 Å². The maximum absolute atomic E-state index is 12.7. The average Bonchev–Trinajstić information content (AvgIpc) is 3.40. The number of aromatic nitrogens is 2. The molecule has 1 aliphatic rings. The Kier molecular flexibility index (Phi) is 6.25. The smallest absolute Gasteiger partial charge is 0.270 e. The quantitative estimate of drug-likeness (QED) is 0.248.